The van der Waals surface area contributed by atoms with E-state index in [-0.39, 0.29) is 24.1 Å². The van der Waals surface area contributed by atoms with Gasteiger partial charge in [-0.05, 0) is 52.5 Å². The number of nitrogens with zero attached hydrogens (tertiary/aromatic N) is 1. The van der Waals surface area contributed by atoms with E-state index in [1.807, 2.05) is 13.8 Å². The number of phenols is 1. The van der Waals surface area contributed by atoms with Crippen molar-refractivity contribution in [2.24, 2.45) is 5.92 Å². The number of hydrogen-bond acceptors (Lipinski definition) is 5. The molecule has 0 aliphatic carbocycles. The molecular formula is C26H43N3O5. The van der Waals surface area contributed by atoms with E-state index in [1.54, 1.807) is 45.9 Å². The quantitative estimate of drug-likeness (QED) is 0.383. The van der Waals surface area contributed by atoms with Crippen molar-refractivity contribution in [3.63, 3.8) is 0 Å². The molecule has 1 aromatic carbocycles. The van der Waals surface area contributed by atoms with E-state index >= 15 is 0 Å². The molecule has 0 saturated heterocycles. The maximum absolute atomic E-state index is 13.7. The Balaban J connectivity index is 3.28. The van der Waals surface area contributed by atoms with Gasteiger partial charge < -0.3 is 25.4 Å². The molecule has 2 unspecified atom stereocenters. The van der Waals surface area contributed by atoms with Crippen molar-refractivity contribution in [2.75, 3.05) is 13.1 Å². The van der Waals surface area contributed by atoms with E-state index in [1.165, 1.54) is 11.0 Å². The van der Waals surface area contributed by atoms with Gasteiger partial charge in [0, 0.05) is 18.7 Å². The van der Waals surface area contributed by atoms with Gasteiger partial charge >= 0.3 is 6.09 Å². The lowest BCUT2D eigenvalue weighted by atomic mass is 9.98. The topological polar surface area (TPSA) is 108 Å². The largest absolute Gasteiger partial charge is 0.508 e. The van der Waals surface area contributed by atoms with Crippen molar-refractivity contribution in [3.05, 3.63) is 29.8 Å². The Morgan fingerprint density at radius 1 is 1.09 bits per heavy atom. The summed E-state index contributed by atoms with van der Waals surface area (Å²) in [6, 6.07) is 4.61. The SMILES string of the molecule is CCCCCNC(=O)C(c1ccccc1O)N(CC)C(=O)C(CC(C)C)NC(=O)OC(C)(C)C. The Kier molecular flexibility index (Phi) is 11.9. The minimum atomic E-state index is -1.03. The van der Waals surface area contributed by atoms with Gasteiger partial charge in [0.15, 0.2) is 0 Å². The molecule has 3 amide bonds. The monoisotopic (exact) mass is 477 g/mol. The molecule has 8 heteroatoms. The van der Waals surface area contributed by atoms with Gasteiger partial charge in [0.2, 0.25) is 11.8 Å². The highest BCUT2D eigenvalue weighted by Crippen LogP contribution is 2.30. The molecule has 0 bridgehead atoms. The van der Waals surface area contributed by atoms with E-state index in [0.29, 0.717) is 18.5 Å². The zero-order valence-electron chi connectivity index (χ0n) is 21.8. The summed E-state index contributed by atoms with van der Waals surface area (Å²) in [5, 5.41) is 16.1. The molecule has 192 valence electrons. The number of nitrogens with one attached hydrogen (secondary N) is 2. The highest BCUT2D eigenvalue weighted by Gasteiger charge is 2.36. The van der Waals surface area contributed by atoms with E-state index in [9.17, 15) is 19.5 Å². The fraction of sp³-hybridized carbons (Fsp3) is 0.654. The number of amides is 3. The van der Waals surface area contributed by atoms with Crippen molar-refractivity contribution in [1.82, 2.24) is 15.5 Å². The number of para-hydroxylation sites is 1. The van der Waals surface area contributed by atoms with Gasteiger partial charge in [-0.2, -0.15) is 0 Å². The first-order valence-electron chi connectivity index (χ1n) is 12.3. The Morgan fingerprint density at radius 2 is 1.74 bits per heavy atom. The summed E-state index contributed by atoms with van der Waals surface area (Å²) in [6.45, 7) is 13.7. The molecule has 0 fully saturated rings. The van der Waals surface area contributed by atoms with Crippen molar-refractivity contribution in [2.45, 2.75) is 91.8 Å². The molecule has 0 aliphatic heterocycles. The minimum Gasteiger partial charge on any atom is -0.508 e. The van der Waals surface area contributed by atoms with E-state index < -0.39 is 29.7 Å². The van der Waals surface area contributed by atoms with Gasteiger partial charge in [0.05, 0.1) is 0 Å². The van der Waals surface area contributed by atoms with Gasteiger partial charge in [-0.1, -0.05) is 51.8 Å². The molecule has 0 heterocycles. The average Bonchev–Trinajstić information content (AvgIpc) is 2.73. The fourth-order valence-corrected chi connectivity index (χ4v) is 3.66. The molecule has 8 nitrogen and oxygen atoms in total. The number of ether oxygens (including phenoxy) is 1. The predicted octanol–water partition coefficient (Wildman–Crippen LogP) is 4.53. The third kappa shape index (κ3) is 9.61. The maximum atomic E-state index is 13.7. The lowest BCUT2D eigenvalue weighted by Crippen LogP contribution is -2.53. The molecule has 2 atom stereocenters. The number of rotatable bonds is 12. The van der Waals surface area contributed by atoms with Crippen LogP contribution in [0.2, 0.25) is 0 Å². The van der Waals surface area contributed by atoms with Crippen LogP contribution in [0.15, 0.2) is 24.3 Å². The number of hydrogen-bond donors (Lipinski definition) is 3. The molecular weight excluding hydrogens is 434 g/mol. The van der Waals surface area contributed by atoms with Crippen LogP contribution < -0.4 is 10.6 Å². The van der Waals surface area contributed by atoms with E-state index in [0.717, 1.165) is 19.3 Å². The van der Waals surface area contributed by atoms with Gasteiger partial charge in [-0.3, -0.25) is 9.59 Å². The maximum Gasteiger partial charge on any atom is 0.408 e. The van der Waals surface area contributed by atoms with Crippen LogP contribution >= 0.6 is 0 Å². The van der Waals surface area contributed by atoms with Gasteiger partial charge in [0.25, 0.3) is 0 Å². The number of carbonyl (C=O) groups excluding carboxylic acids is 3. The lowest BCUT2D eigenvalue weighted by Gasteiger charge is -2.34. The molecule has 34 heavy (non-hydrogen) atoms. The van der Waals surface area contributed by atoms with E-state index in [2.05, 4.69) is 17.6 Å². The Hall–Kier alpha value is -2.77. The van der Waals surface area contributed by atoms with Crippen LogP contribution in [0.5, 0.6) is 5.75 Å². The number of aromatic hydroxyl groups is 1. The first-order chi connectivity index (χ1) is 15.9. The Bertz CT molecular complexity index is 804. The normalized spacial score (nSPS) is 13.2. The molecule has 0 radical (unpaired) electrons. The molecule has 0 spiro atoms. The second kappa shape index (κ2) is 13.8. The van der Waals surface area contributed by atoms with Crippen LogP contribution in [-0.2, 0) is 14.3 Å². The predicted molar refractivity (Wildman–Crippen MR) is 133 cm³/mol. The number of unbranched alkanes of at least 4 members (excludes halogenated alkanes) is 2. The Morgan fingerprint density at radius 3 is 2.26 bits per heavy atom. The third-order valence-electron chi connectivity index (χ3n) is 5.19. The summed E-state index contributed by atoms with van der Waals surface area (Å²) in [6.07, 6.45) is 2.51. The summed E-state index contributed by atoms with van der Waals surface area (Å²) in [5.41, 5.74) is -0.372. The van der Waals surface area contributed by atoms with Crippen LogP contribution in [-0.4, -0.2) is 52.6 Å². The molecule has 1 rings (SSSR count). The van der Waals surface area contributed by atoms with Crippen LogP contribution in [0.4, 0.5) is 4.79 Å². The van der Waals surface area contributed by atoms with Crippen LogP contribution in [0.1, 0.15) is 85.8 Å². The van der Waals surface area contributed by atoms with Crippen LogP contribution in [0, 0.1) is 5.92 Å². The van der Waals surface area contributed by atoms with Crippen LogP contribution in [0.3, 0.4) is 0 Å². The number of carbonyl (C=O) groups is 3. The second-order valence-electron chi connectivity index (χ2n) is 9.91. The minimum absolute atomic E-state index is 0.0667. The lowest BCUT2D eigenvalue weighted by molar-refractivity contribution is -0.142. The van der Waals surface area contributed by atoms with Gasteiger partial charge in [-0.15, -0.1) is 0 Å². The zero-order chi connectivity index (χ0) is 25.9. The number of benzene rings is 1. The van der Waals surface area contributed by atoms with Crippen molar-refractivity contribution < 1.29 is 24.2 Å². The number of alkyl carbamates (subject to hydrolysis) is 1. The first kappa shape index (κ1) is 29.3. The zero-order valence-corrected chi connectivity index (χ0v) is 21.8. The van der Waals surface area contributed by atoms with Crippen molar-refractivity contribution in [1.29, 1.82) is 0 Å². The molecule has 1 aromatic rings. The second-order valence-corrected chi connectivity index (χ2v) is 9.91. The molecule has 0 saturated carbocycles. The summed E-state index contributed by atoms with van der Waals surface area (Å²) < 4.78 is 5.36. The number of phenolic OH excluding ortho intramolecular Hbond substituents is 1. The van der Waals surface area contributed by atoms with Gasteiger partial charge in [0.1, 0.15) is 23.4 Å². The molecule has 3 N–H and O–H groups in total. The average molecular weight is 478 g/mol. The number of likely N-dealkylation sites (N-methyl/N-ethyl adjacent to an activating group) is 1. The summed E-state index contributed by atoms with van der Waals surface area (Å²) in [5.74, 6) is -0.732. The third-order valence-corrected chi connectivity index (χ3v) is 5.19. The smallest absolute Gasteiger partial charge is 0.408 e. The first-order valence-corrected chi connectivity index (χ1v) is 12.3. The summed E-state index contributed by atoms with van der Waals surface area (Å²) >= 11 is 0. The van der Waals surface area contributed by atoms with Gasteiger partial charge in [-0.25, -0.2) is 4.79 Å². The molecule has 0 aliphatic rings. The summed E-state index contributed by atoms with van der Waals surface area (Å²) in [4.78, 5) is 40.9. The fourth-order valence-electron chi connectivity index (χ4n) is 3.66. The highest BCUT2D eigenvalue weighted by molar-refractivity contribution is 5.92. The standard InChI is InChI=1S/C26H43N3O5/c1-8-10-13-16-27-23(31)22(19-14-11-12-15-21(19)30)29(9-2)24(32)20(17-18(3)4)28-25(33)34-26(5,6)7/h11-12,14-15,18,20,22,30H,8-10,13,16-17H2,1-7H3,(H,27,31)(H,28,33). The summed E-state index contributed by atoms with van der Waals surface area (Å²) in [7, 11) is 0. The molecule has 0 aromatic heterocycles. The van der Waals surface area contributed by atoms with Crippen LogP contribution in [0.25, 0.3) is 0 Å². The van der Waals surface area contributed by atoms with E-state index in [4.69, 9.17) is 4.74 Å². The van der Waals surface area contributed by atoms with Crippen molar-refractivity contribution in [3.8, 4) is 5.75 Å². The Labute approximate surface area is 204 Å². The van der Waals surface area contributed by atoms with Crippen molar-refractivity contribution >= 4 is 17.9 Å². The highest BCUT2D eigenvalue weighted by atomic mass is 16.6.